The van der Waals surface area contributed by atoms with E-state index in [1.54, 1.807) is 18.2 Å². The van der Waals surface area contributed by atoms with Crippen molar-refractivity contribution in [2.75, 3.05) is 6.61 Å². The fraction of sp³-hybridized carbons (Fsp3) is 0.316. The molecule has 0 saturated carbocycles. The highest BCUT2D eigenvalue weighted by Crippen LogP contribution is 2.29. The molecule has 0 unspecified atom stereocenters. The number of hydrogen-bond acceptors (Lipinski definition) is 3. The van der Waals surface area contributed by atoms with Gasteiger partial charge in [-0.05, 0) is 41.8 Å². The van der Waals surface area contributed by atoms with Gasteiger partial charge in [-0.3, -0.25) is 4.79 Å². The quantitative estimate of drug-likeness (QED) is 0.456. The Balaban J connectivity index is 2.12. The van der Waals surface area contributed by atoms with Crippen molar-refractivity contribution in [3.05, 3.63) is 48.0 Å². The molecule has 3 nitrogen and oxygen atoms in total. The molecule has 2 aromatic carbocycles. The van der Waals surface area contributed by atoms with Crippen molar-refractivity contribution in [2.45, 2.75) is 32.5 Å². The Labute approximate surface area is 144 Å². The van der Waals surface area contributed by atoms with Gasteiger partial charge in [0, 0.05) is 0 Å². The molecule has 0 atom stereocenters. The molecule has 2 aromatic rings. The van der Waals surface area contributed by atoms with Gasteiger partial charge in [-0.15, -0.1) is 13.2 Å². The number of hydrogen-bond donors (Lipinski definition) is 0. The SMILES string of the molecule is CCCCCOc1ccc(-c2ccc(OC(F)(F)F)cc2)cc1C=O. The number of unbranched alkanes of at least 4 members (excludes halogenated alkanes) is 2. The van der Waals surface area contributed by atoms with Crippen molar-refractivity contribution in [1.29, 1.82) is 0 Å². The van der Waals surface area contributed by atoms with Gasteiger partial charge in [0.1, 0.15) is 11.5 Å². The van der Waals surface area contributed by atoms with Gasteiger partial charge in [-0.25, -0.2) is 0 Å². The van der Waals surface area contributed by atoms with Crippen LogP contribution < -0.4 is 9.47 Å². The summed E-state index contributed by atoms with van der Waals surface area (Å²) in [4.78, 5) is 11.3. The second-order valence-electron chi connectivity index (χ2n) is 5.50. The van der Waals surface area contributed by atoms with Gasteiger partial charge in [0.15, 0.2) is 6.29 Å². The molecule has 0 amide bonds. The van der Waals surface area contributed by atoms with E-state index >= 15 is 0 Å². The minimum Gasteiger partial charge on any atom is -0.493 e. The zero-order valence-corrected chi connectivity index (χ0v) is 13.8. The molecule has 0 fully saturated rings. The third-order valence-electron chi connectivity index (χ3n) is 3.56. The molecular weight excluding hydrogens is 333 g/mol. The average molecular weight is 352 g/mol. The van der Waals surface area contributed by atoms with E-state index in [0.717, 1.165) is 19.3 Å². The number of aldehydes is 1. The standard InChI is InChI=1S/C19H19F3O3/c1-2-3-4-11-24-18-10-7-15(12-16(18)13-23)14-5-8-17(9-6-14)25-19(20,21)22/h5-10,12-13H,2-4,11H2,1H3. The number of carbonyl (C=O) groups excluding carboxylic acids is 1. The van der Waals surface area contributed by atoms with Crippen LogP contribution in [0.1, 0.15) is 36.5 Å². The van der Waals surface area contributed by atoms with E-state index in [4.69, 9.17) is 4.74 Å². The summed E-state index contributed by atoms with van der Waals surface area (Å²) in [5.74, 6) is 0.217. The van der Waals surface area contributed by atoms with Crippen molar-refractivity contribution in [3.8, 4) is 22.6 Å². The molecule has 0 bridgehead atoms. The summed E-state index contributed by atoms with van der Waals surface area (Å²) >= 11 is 0. The van der Waals surface area contributed by atoms with Crippen LogP contribution in [0, 0.1) is 0 Å². The van der Waals surface area contributed by atoms with E-state index in [-0.39, 0.29) is 5.75 Å². The number of carbonyl (C=O) groups is 1. The van der Waals surface area contributed by atoms with Crippen molar-refractivity contribution in [3.63, 3.8) is 0 Å². The summed E-state index contributed by atoms with van der Waals surface area (Å²) in [5, 5.41) is 0. The fourth-order valence-corrected chi connectivity index (χ4v) is 2.33. The largest absolute Gasteiger partial charge is 0.573 e. The van der Waals surface area contributed by atoms with Crippen LogP contribution in [0.2, 0.25) is 0 Å². The molecule has 0 heterocycles. The van der Waals surface area contributed by atoms with E-state index < -0.39 is 6.36 Å². The maximum Gasteiger partial charge on any atom is 0.573 e. The molecular formula is C19H19F3O3. The highest BCUT2D eigenvalue weighted by atomic mass is 19.4. The second kappa shape index (κ2) is 8.55. The molecule has 134 valence electrons. The van der Waals surface area contributed by atoms with Crippen LogP contribution in [0.5, 0.6) is 11.5 Å². The van der Waals surface area contributed by atoms with Crippen molar-refractivity contribution < 1.29 is 27.4 Å². The zero-order valence-electron chi connectivity index (χ0n) is 13.8. The van der Waals surface area contributed by atoms with Gasteiger partial charge in [0.2, 0.25) is 0 Å². The van der Waals surface area contributed by atoms with Crippen LogP contribution >= 0.6 is 0 Å². The first kappa shape index (κ1) is 18.8. The number of benzene rings is 2. The molecule has 0 aliphatic rings. The Bertz CT molecular complexity index is 694. The summed E-state index contributed by atoms with van der Waals surface area (Å²) in [6.45, 7) is 2.63. The highest BCUT2D eigenvalue weighted by Gasteiger charge is 2.30. The van der Waals surface area contributed by atoms with Crippen LogP contribution in [0.25, 0.3) is 11.1 Å². The topological polar surface area (TPSA) is 35.5 Å². The lowest BCUT2D eigenvalue weighted by molar-refractivity contribution is -0.274. The Hall–Kier alpha value is -2.50. The maximum absolute atomic E-state index is 12.2. The summed E-state index contributed by atoms with van der Waals surface area (Å²) < 4.78 is 46.0. The average Bonchev–Trinajstić information content (AvgIpc) is 2.58. The molecule has 2 rings (SSSR count). The predicted molar refractivity (Wildman–Crippen MR) is 89.0 cm³/mol. The van der Waals surface area contributed by atoms with Crippen molar-refractivity contribution in [2.24, 2.45) is 0 Å². The van der Waals surface area contributed by atoms with Gasteiger partial charge >= 0.3 is 6.36 Å². The Kier molecular flexibility index (Phi) is 6.44. The lowest BCUT2D eigenvalue weighted by atomic mass is 10.0. The predicted octanol–water partition coefficient (Wildman–Crippen LogP) is 5.63. The van der Waals surface area contributed by atoms with Crippen LogP contribution in [-0.2, 0) is 0 Å². The van der Waals surface area contributed by atoms with Crippen LogP contribution in [-0.4, -0.2) is 19.3 Å². The van der Waals surface area contributed by atoms with Gasteiger partial charge in [0.05, 0.1) is 12.2 Å². The van der Waals surface area contributed by atoms with E-state index in [9.17, 15) is 18.0 Å². The van der Waals surface area contributed by atoms with Crippen LogP contribution in [0.15, 0.2) is 42.5 Å². The smallest absolute Gasteiger partial charge is 0.493 e. The summed E-state index contributed by atoms with van der Waals surface area (Å²) in [6.07, 6.45) is -0.961. The maximum atomic E-state index is 12.2. The number of halogens is 3. The summed E-state index contributed by atoms with van der Waals surface area (Å²) in [5.41, 5.74) is 1.79. The highest BCUT2D eigenvalue weighted by molar-refractivity contribution is 5.83. The Morgan fingerprint density at radius 2 is 1.68 bits per heavy atom. The molecule has 0 N–H and O–H groups in total. The molecule has 25 heavy (non-hydrogen) atoms. The lowest BCUT2D eigenvalue weighted by Crippen LogP contribution is -2.16. The number of rotatable bonds is 8. The van der Waals surface area contributed by atoms with Gasteiger partial charge in [0.25, 0.3) is 0 Å². The molecule has 0 saturated heterocycles. The second-order valence-corrected chi connectivity index (χ2v) is 5.50. The minimum atomic E-state index is -4.72. The van der Waals surface area contributed by atoms with E-state index in [2.05, 4.69) is 11.7 Å². The molecule has 0 spiro atoms. The van der Waals surface area contributed by atoms with Gasteiger partial charge < -0.3 is 9.47 Å². The lowest BCUT2D eigenvalue weighted by Gasteiger charge is -2.11. The Morgan fingerprint density at radius 3 is 2.28 bits per heavy atom. The van der Waals surface area contributed by atoms with Crippen LogP contribution in [0.4, 0.5) is 13.2 Å². The summed E-state index contributed by atoms with van der Waals surface area (Å²) in [6, 6.07) is 10.6. The third-order valence-corrected chi connectivity index (χ3v) is 3.56. The van der Waals surface area contributed by atoms with Crippen LogP contribution in [0.3, 0.4) is 0 Å². The number of alkyl halides is 3. The minimum absolute atomic E-state index is 0.289. The zero-order chi connectivity index (χ0) is 18.3. The van der Waals surface area contributed by atoms with E-state index in [1.807, 2.05) is 0 Å². The van der Waals surface area contributed by atoms with Gasteiger partial charge in [-0.1, -0.05) is 38.0 Å². The Morgan fingerprint density at radius 1 is 1.00 bits per heavy atom. The molecule has 0 aliphatic carbocycles. The fourth-order valence-electron chi connectivity index (χ4n) is 2.33. The molecule has 6 heteroatoms. The first-order valence-electron chi connectivity index (χ1n) is 8.01. The van der Waals surface area contributed by atoms with Gasteiger partial charge in [-0.2, -0.15) is 0 Å². The molecule has 0 aliphatic heterocycles. The first-order chi connectivity index (χ1) is 11.9. The van der Waals surface area contributed by atoms with Crippen molar-refractivity contribution >= 4 is 6.29 Å². The van der Waals surface area contributed by atoms with E-state index in [0.29, 0.717) is 35.3 Å². The monoisotopic (exact) mass is 352 g/mol. The normalized spacial score (nSPS) is 11.2. The first-order valence-corrected chi connectivity index (χ1v) is 8.01. The van der Waals surface area contributed by atoms with Crippen molar-refractivity contribution in [1.82, 2.24) is 0 Å². The molecule has 0 aromatic heterocycles. The summed E-state index contributed by atoms with van der Waals surface area (Å²) in [7, 11) is 0. The number of ether oxygens (including phenoxy) is 2. The third kappa shape index (κ3) is 5.81. The van der Waals surface area contributed by atoms with E-state index in [1.165, 1.54) is 24.3 Å². The molecule has 0 radical (unpaired) electrons.